The minimum atomic E-state index is -3.83. The van der Waals surface area contributed by atoms with Crippen molar-refractivity contribution in [2.45, 2.75) is 31.2 Å². The van der Waals surface area contributed by atoms with Gasteiger partial charge in [-0.25, -0.2) is 13.1 Å². The molecule has 0 saturated carbocycles. The summed E-state index contributed by atoms with van der Waals surface area (Å²) in [5.41, 5.74) is 2.77. The zero-order chi connectivity index (χ0) is 21.9. The number of anilines is 1. The standard InChI is InChI=1S/C21H23ClN4O3S/c1-14-21(15(2)26(3)24-14)23-20(27)13-19(16-9-11-17(22)12-10-16)25-30(28,29)18-7-5-4-6-8-18/h4-12,19,25H,13H2,1-3H3,(H,23,27)/t19-/m1/s1. The Morgan fingerprint density at radius 2 is 1.73 bits per heavy atom. The number of halogens is 1. The smallest absolute Gasteiger partial charge is 0.241 e. The number of hydrogen-bond donors (Lipinski definition) is 2. The molecule has 1 heterocycles. The Hall–Kier alpha value is -2.68. The van der Waals surface area contributed by atoms with Crippen molar-refractivity contribution >= 4 is 33.2 Å². The quantitative estimate of drug-likeness (QED) is 0.578. The van der Waals surface area contributed by atoms with Crippen LogP contribution in [-0.2, 0) is 21.9 Å². The second kappa shape index (κ2) is 8.99. The van der Waals surface area contributed by atoms with E-state index in [1.807, 2.05) is 6.92 Å². The van der Waals surface area contributed by atoms with Crippen molar-refractivity contribution in [1.29, 1.82) is 0 Å². The van der Waals surface area contributed by atoms with E-state index in [1.165, 1.54) is 12.1 Å². The first-order chi connectivity index (χ1) is 14.2. The Morgan fingerprint density at radius 1 is 1.10 bits per heavy atom. The van der Waals surface area contributed by atoms with E-state index in [2.05, 4.69) is 15.1 Å². The summed E-state index contributed by atoms with van der Waals surface area (Å²) in [7, 11) is -2.03. The predicted octanol–water partition coefficient (Wildman–Crippen LogP) is 3.74. The zero-order valence-electron chi connectivity index (χ0n) is 16.9. The van der Waals surface area contributed by atoms with Crippen molar-refractivity contribution in [2.24, 2.45) is 7.05 Å². The summed E-state index contributed by atoms with van der Waals surface area (Å²) in [4.78, 5) is 12.9. The highest BCUT2D eigenvalue weighted by Gasteiger charge is 2.24. The largest absolute Gasteiger partial charge is 0.323 e. The van der Waals surface area contributed by atoms with Crippen LogP contribution in [0.15, 0.2) is 59.5 Å². The van der Waals surface area contributed by atoms with Crippen molar-refractivity contribution in [2.75, 3.05) is 5.32 Å². The summed E-state index contributed by atoms with van der Waals surface area (Å²) in [6.07, 6.45) is -0.0958. The van der Waals surface area contributed by atoms with E-state index in [9.17, 15) is 13.2 Å². The lowest BCUT2D eigenvalue weighted by molar-refractivity contribution is -0.116. The number of aryl methyl sites for hydroxylation is 2. The fourth-order valence-electron chi connectivity index (χ4n) is 3.11. The molecule has 0 bridgehead atoms. The summed E-state index contributed by atoms with van der Waals surface area (Å²) >= 11 is 5.97. The maximum absolute atomic E-state index is 12.9. The average Bonchev–Trinajstić information content (AvgIpc) is 2.94. The van der Waals surface area contributed by atoms with Crippen LogP contribution in [0.25, 0.3) is 0 Å². The van der Waals surface area contributed by atoms with E-state index in [4.69, 9.17) is 11.6 Å². The van der Waals surface area contributed by atoms with Crippen molar-refractivity contribution in [3.05, 3.63) is 76.6 Å². The van der Waals surface area contributed by atoms with Crippen LogP contribution in [0.5, 0.6) is 0 Å². The molecule has 9 heteroatoms. The third kappa shape index (κ3) is 5.08. The second-order valence-corrected chi connectivity index (χ2v) is 9.11. The second-order valence-electron chi connectivity index (χ2n) is 6.96. The van der Waals surface area contributed by atoms with Crippen molar-refractivity contribution in [1.82, 2.24) is 14.5 Å². The van der Waals surface area contributed by atoms with E-state index in [0.29, 0.717) is 22.0 Å². The lowest BCUT2D eigenvalue weighted by Crippen LogP contribution is -2.31. The molecule has 1 aromatic heterocycles. The molecule has 1 atom stereocenters. The highest BCUT2D eigenvalue weighted by Crippen LogP contribution is 2.24. The van der Waals surface area contributed by atoms with Crippen LogP contribution in [0, 0.1) is 13.8 Å². The first-order valence-corrected chi connectivity index (χ1v) is 11.2. The topological polar surface area (TPSA) is 93.1 Å². The van der Waals surface area contributed by atoms with Gasteiger partial charge in [0.2, 0.25) is 15.9 Å². The number of carbonyl (C=O) groups is 1. The lowest BCUT2D eigenvalue weighted by atomic mass is 10.0. The minimum absolute atomic E-state index is 0.0958. The minimum Gasteiger partial charge on any atom is -0.323 e. The Labute approximate surface area is 181 Å². The number of nitrogens with one attached hydrogen (secondary N) is 2. The SMILES string of the molecule is Cc1nn(C)c(C)c1NC(=O)C[C@@H](NS(=O)(=O)c1ccccc1)c1ccc(Cl)cc1. The first-order valence-electron chi connectivity index (χ1n) is 9.30. The molecule has 0 spiro atoms. The van der Waals surface area contributed by atoms with Crippen LogP contribution in [0.4, 0.5) is 5.69 Å². The number of rotatable bonds is 7. The Morgan fingerprint density at radius 3 is 2.30 bits per heavy atom. The van der Waals surface area contributed by atoms with E-state index >= 15 is 0 Å². The number of sulfonamides is 1. The summed E-state index contributed by atoms with van der Waals surface area (Å²) in [6, 6.07) is 14.0. The number of benzene rings is 2. The molecule has 0 saturated heterocycles. The van der Waals surface area contributed by atoms with E-state index in [-0.39, 0.29) is 17.2 Å². The number of nitrogens with zero attached hydrogens (tertiary/aromatic N) is 2. The van der Waals surface area contributed by atoms with Crippen molar-refractivity contribution < 1.29 is 13.2 Å². The first kappa shape index (κ1) is 22.0. The zero-order valence-corrected chi connectivity index (χ0v) is 18.5. The fraction of sp³-hybridized carbons (Fsp3) is 0.238. The lowest BCUT2D eigenvalue weighted by Gasteiger charge is -2.19. The Kier molecular flexibility index (Phi) is 6.60. The summed E-state index contributed by atoms with van der Waals surface area (Å²) < 4.78 is 30.0. The van der Waals surface area contributed by atoms with Gasteiger partial charge in [0.05, 0.1) is 28.0 Å². The molecule has 0 aliphatic heterocycles. The average molecular weight is 447 g/mol. The molecule has 0 fully saturated rings. The fourth-order valence-corrected chi connectivity index (χ4v) is 4.48. The highest BCUT2D eigenvalue weighted by molar-refractivity contribution is 7.89. The molecule has 7 nitrogen and oxygen atoms in total. The van der Waals surface area contributed by atoms with Gasteiger partial charge in [0.1, 0.15) is 0 Å². The van der Waals surface area contributed by atoms with E-state index < -0.39 is 16.1 Å². The monoisotopic (exact) mass is 446 g/mol. The molecule has 0 radical (unpaired) electrons. The van der Waals surface area contributed by atoms with Crippen molar-refractivity contribution in [3.8, 4) is 0 Å². The maximum atomic E-state index is 12.9. The van der Waals surface area contributed by atoms with Gasteiger partial charge in [0.25, 0.3) is 0 Å². The van der Waals surface area contributed by atoms with Crippen LogP contribution in [0.3, 0.4) is 0 Å². The molecule has 2 aromatic carbocycles. The van der Waals surface area contributed by atoms with Gasteiger partial charge in [-0.2, -0.15) is 5.10 Å². The van der Waals surface area contributed by atoms with Gasteiger partial charge >= 0.3 is 0 Å². The molecule has 1 amide bonds. The van der Waals surface area contributed by atoms with Crippen LogP contribution in [-0.4, -0.2) is 24.1 Å². The normalized spacial score (nSPS) is 12.5. The number of amides is 1. The molecule has 3 aromatic rings. The number of aromatic nitrogens is 2. The van der Waals surface area contributed by atoms with Gasteiger partial charge in [-0.05, 0) is 43.7 Å². The van der Waals surface area contributed by atoms with E-state index in [1.54, 1.807) is 61.1 Å². The molecule has 2 N–H and O–H groups in total. The molecular weight excluding hydrogens is 424 g/mol. The third-order valence-electron chi connectivity index (χ3n) is 4.79. The van der Waals surface area contributed by atoms with Crippen LogP contribution in [0.2, 0.25) is 5.02 Å². The summed E-state index contributed by atoms with van der Waals surface area (Å²) in [5.74, 6) is -0.329. The van der Waals surface area contributed by atoms with Crippen molar-refractivity contribution in [3.63, 3.8) is 0 Å². The van der Waals surface area contributed by atoms with Gasteiger partial charge in [-0.3, -0.25) is 9.48 Å². The Bertz CT molecular complexity index is 1140. The van der Waals surface area contributed by atoms with Gasteiger partial charge in [-0.15, -0.1) is 0 Å². The van der Waals surface area contributed by atoms with E-state index in [0.717, 1.165) is 5.69 Å². The van der Waals surface area contributed by atoms with Gasteiger partial charge in [-0.1, -0.05) is 41.9 Å². The maximum Gasteiger partial charge on any atom is 0.241 e. The van der Waals surface area contributed by atoms with Gasteiger partial charge in [0, 0.05) is 18.5 Å². The van der Waals surface area contributed by atoms with Crippen LogP contribution >= 0.6 is 11.6 Å². The molecule has 158 valence electrons. The molecule has 3 rings (SSSR count). The van der Waals surface area contributed by atoms with Crippen LogP contribution in [0.1, 0.15) is 29.4 Å². The third-order valence-corrected chi connectivity index (χ3v) is 6.53. The molecule has 0 aliphatic rings. The number of carbonyl (C=O) groups excluding carboxylic acids is 1. The van der Waals surface area contributed by atoms with Crippen LogP contribution < -0.4 is 10.0 Å². The molecular formula is C21H23ClN4O3S. The highest BCUT2D eigenvalue weighted by atomic mass is 35.5. The predicted molar refractivity (Wildman–Crippen MR) is 117 cm³/mol. The van der Waals surface area contributed by atoms with Gasteiger partial charge < -0.3 is 5.32 Å². The van der Waals surface area contributed by atoms with Gasteiger partial charge in [0.15, 0.2) is 0 Å². The Balaban J connectivity index is 1.86. The number of hydrogen-bond acceptors (Lipinski definition) is 4. The molecule has 0 aliphatic carbocycles. The molecule has 30 heavy (non-hydrogen) atoms. The summed E-state index contributed by atoms with van der Waals surface area (Å²) in [6.45, 7) is 3.65. The summed E-state index contributed by atoms with van der Waals surface area (Å²) in [5, 5.41) is 7.66. The molecule has 0 unspecified atom stereocenters.